The fourth-order valence-corrected chi connectivity index (χ4v) is 2.05. The number of nitrogens with zero attached hydrogens (tertiary/aromatic N) is 1. The normalized spacial score (nSPS) is 10.9. The highest BCUT2D eigenvalue weighted by Crippen LogP contribution is 2.31. The van der Waals surface area contributed by atoms with Crippen molar-refractivity contribution in [3.05, 3.63) is 42.2 Å². The maximum Gasteiger partial charge on any atom is 0.161 e. The van der Waals surface area contributed by atoms with E-state index in [-0.39, 0.29) is 11.6 Å². The number of hydrogen-bond acceptors (Lipinski definition) is 3. The molecule has 0 aliphatic rings. The van der Waals surface area contributed by atoms with Gasteiger partial charge in [-0.3, -0.25) is 0 Å². The summed E-state index contributed by atoms with van der Waals surface area (Å²) in [6.07, 6.45) is 0. The van der Waals surface area contributed by atoms with Crippen molar-refractivity contribution in [3.8, 4) is 22.9 Å². The smallest absolute Gasteiger partial charge is 0.161 e. The predicted octanol–water partition coefficient (Wildman–Crippen LogP) is 3.47. The highest BCUT2D eigenvalue weighted by Gasteiger charge is 2.09. The van der Waals surface area contributed by atoms with Crippen molar-refractivity contribution in [2.24, 2.45) is 0 Å². The van der Waals surface area contributed by atoms with Gasteiger partial charge in [0.15, 0.2) is 11.5 Å². The summed E-state index contributed by atoms with van der Waals surface area (Å²) < 4.78 is 18.5. The molecule has 0 aliphatic carbocycles. The number of fused-ring (bicyclic) bond motifs is 1. The fourth-order valence-electron chi connectivity index (χ4n) is 2.05. The highest BCUT2D eigenvalue weighted by atomic mass is 19.1. The van der Waals surface area contributed by atoms with Gasteiger partial charge in [-0.25, -0.2) is 9.37 Å². The lowest BCUT2D eigenvalue weighted by Gasteiger charge is -2.06. The van der Waals surface area contributed by atoms with E-state index in [4.69, 9.17) is 4.74 Å². The van der Waals surface area contributed by atoms with Gasteiger partial charge < -0.3 is 14.8 Å². The number of aromatic nitrogens is 2. The number of H-pyrrole nitrogens is 1. The van der Waals surface area contributed by atoms with Gasteiger partial charge in [0.1, 0.15) is 11.6 Å². The van der Waals surface area contributed by atoms with Crippen LogP contribution in [0, 0.1) is 5.82 Å². The Bertz CT molecular complexity index is 768. The first kappa shape index (κ1) is 12.5. The second-order valence-corrected chi connectivity index (χ2v) is 4.36. The Balaban J connectivity index is 2.08. The summed E-state index contributed by atoms with van der Waals surface area (Å²) in [5, 5.41) is 9.68. The molecule has 1 aromatic heterocycles. The molecule has 0 bridgehead atoms. The quantitative estimate of drug-likeness (QED) is 0.767. The van der Waals surface area contributed by atoms with E-state index in [9.17, 15) is 9.50 Å². The van der Waals surface area contributed by atoms with Crippen molar-refractivity contribution in [1.82, 2.24) is 9.97 Å². The van der Waals surface area contributed by atoms with Gasteiger partial charge in [0.2, 0.25) is 0 Å². The third-order valence-corrected chi connectivity index (χ3v) is 2.98. The van der Waals surface area contributed by atoms with Crippen LogP contribution in [0.1, 0.15) is 6.92 Å². The van der Waals surface area contributed by atoms with E-state index in [0.717, 1.165) is 5.56 Å². The summed E-state index contributed by atoms with van der Waals surface area (Å²) in [4.78, 5) is 7.45. The molecule has 0 radical (unpaired) electrons. The van der Waals surface area contributed by atoms with Crippen molar-refractivity contribution in [3.63, 3.8) is 0 Å². The SMILES string of the molecule is CCOc1cc(-c2nc3ccc(F)cc3[nH]2)ccc1O. The third kappa shape index (κ3) is 2.18. The number of rotatable bonds is 3. The zero-order valence-electron chi connectivity index (χ0n) is 10.9. The Morgan fingerprint density at radius 3 is 2.90 bits per heavy atom. The van der Waals surface area contributed by atoms with Crippen molar-refractivity contribution < 1.29 is 14.2 Å². The van der Waals surface area contributed by atoms with Crippen molar-refractivity contribution in [2.45, 2.75) is 6.92 Å². The average Bonchev–Trinajstić information content (AvgIpc) is 2.84. The van der Waals surface area contributed by atoms with E-state index in [2.05, 4.69) is 9.97 Å². The molecule has 2 aromatic carbocycles. The molecule has 102 valence electrons. The van der Waals surface area contributed by atoms with Crippen LogP contribution < -0.4 is 4.74 Å². The van der Waals surface area contributed by atoms with Gasteiger partial charge in [-0.05, 0) is 43.3 Å². The van der Waals surface area contributed by atoms with E-state index in [0.29, 0.717) is 29.2 Å². The number of phenolic OH excluding ortho intramolecular Hbond substituents is 1. The Labute approximate surface area is 114 Å². The van der Waals surface area contributed by atoms with Gasteiger partial charge in [-0.15, -0.1) is 0 Å². The third-order valence-electron chi connectivity index (χ3n) is 2.98. The molecular formula is C15H13FN2O2. The van der Waals surface area contributed by atoms with Crippen LogP contribution in [0.5, 0.6) is 11.5 Å². The zero-order valence-corrected chi connectivity index (χ0v) is 10.9. The van der Waals surface area contributed by atoms with Crippen LogP contribution in [0.25, 0.3) is 22.4 Å². The van der Waals surface area contributed by atoms with Gasteiger partial charge in [0, 0.05) is 5.56 Å². The van der Waals surface area contributed by atoms with Crippen LogP contribution in [-0.4, -0.2) is 21.7 Å². The second-order valence-electron chi connectivity index (χ2n) is 4.36. The highest BCUT2D eigenvalue weighted by molar-refractivity contribution is 5.79. The van der Waals surface area contributed by atoms with Crippen LogP contribution in [0.3, 0.4) is 0 Å². The topological polar surface area (TPSA) is 58.1 Å². The summed E-state index contributed by atoms with van der Waals surface area (Å²) in [7, 11) is 0. The molecular weight excluding hydrogens is 259 g/mol. The monoisotopic (exact) mass is 272 g/mol. The molecule has 0 aliphatic heterocycles. The Hall–Kier alpha value is -2.56. The van der Waals surface area contributed by atoms with Gasteiger partial charge in [-0.2, -0.15) is 0 Å². The summed E-state index contributed by atoms with van der Waals surface area (Å²) >= 11 is 0. The number of imidazole rings is 1. The van der Waals surface area contributed by atoms with E-state index >= 15 is 0 Å². The second kappa shape index (κ2) is 4.85. The first-order valence-electron chi connectivity index (χ1n) is 6.29. The van der Waals surface area contributed by atoms with Crippen LogP contribution in [-0.2, 0) is 0 Å². The van der Waals surface area contributed by atoms with Crippen molar-refractivity contribution in [1.29, 1.82) is 0 Å². The van der Waals surface area contributed by atoms with Crippen LogP contribution in [0.4, 0.5) is 4.39 Å². The zero-order chi connectivity index (χ0) is 14.1. The van der Waals surface area contributed by atoms with Gasteiger partial charge in [-0.1, -0.05) is 0 Å². The molecule has 0 spiro atoms. The molecule has 5 heteroatoms. The van der Waals surface area contributed by atoms with Gasteiger partial charge >= 0.3 is 0 Å². The lowest BCUT2D eigenvalue weighted by molar-refractivity contribution is 0.318. The number of hydrogen-bond donors (Lipinski definition) is 2. The molecule has 0 unspecified atom stereocenters. The van der Waals surface area contributed by atoms with E-state index < -0.39 is 0 Å². The average molecular weight is 272 g/mol. The molecule has 0 saturated carbocycles. The number of aromatic amines is 1. The summed E-state index contributed by atoms with van der Waals surface area (Å²) in [6, 6.07) is 9.37. The van der Waals surface area contributed by atoms with E-state index in [1.807, 2.05) is 6.92 Å². The molecule has 4 nitrogen and oxygen atoms in total. The Morgan fingerprint density at radius 2 is 2.10 bits per heavy atom. The molecule has 3 rings (SSSR count). The van der Waals surface area contributed by atoms with E-state index in [1.165, 1.54) is 12.1 Å². The fraction of sp³-hybridized carbons (Fsp3) is 0.133. The molecule has 0 fully saturated rings. The number of halogens is 1. The van der Waals surface area contributed by atoms with Crippen molar-refractivity contribution >= 4 is 11.0 Å². The van der Waals surface area contributed by atoms with Gasteiger partial charge in [0.05, 0.1) is 17.6 Å². The summed E-state index contributed by atoms with van der Waals surface area (Å²) in [5.41, 5.74) is 2.08. The van der Waals surface area contributed by atoms with Crippen molar-refractivity contribution in [2.75, 3.05) is 6.61 Å². The minimum absolute atomic E-state index is 0.0813. The Kier molecular flexibility index (Phi) is 3.02. The molecule has 1 heterocycles. The molecule has 0 atom stereocenters. The molecule has 2 N–H and O–H groups in total. The molecule has 0 amide bonds. The molecule has 3 aromatic rings. The Morgan fingerprint density at radius 1 is 1.25 bits per heavy atom. The maximum absolute atomic E-state index is 13.2. The summed E-state index contributed by atoms with van der Waals surface area (Å²) in [6.45, 7) is 2.30. The summed E-state index contributed by atoms with van der Waals surface area (Å²) in [5.74, 6) is 0.773. The van der Waals surface area contributed by atoms with Crippen LogP contribution in [0.15, 0.2) is 36.4 Å². The lowest BCUT2D eigenvalue weighted by atomic mass is 10.2. The first-order chi connectivity index (χ1) is 9.67. The number of phenols is 1. The largest absolute Gasteiger partial charge is 0.504 e. The first-order valence-corrected chi connectivity index (χ1v) is 6.29. The van der Waals surface area contributed by atoms with E-state index in [1.54, 1.807) is 24.3 Å². The standard InChI is InChI=1S/C15H13FN2O2/c1-2-20-14-7-9(3-6-13(14)19)15-17-11-5-4-10(16)8-12(11)18-15/h3-8,19H,2H2,1H3,(H,17,18). The number of aromatic hydroxyl groups is 1. The number of nitrogens with one attached hydrogen (secondary N) is 1. The van der Waals surface area contributed by atoms with Crippen LogP contribution in [0.2, 0.25) is 0 Å². The van der Waals surface area contributed by atoms with Crippen LogP contribution >= 0.6 is 0 Å². The van der Waals surface area contributed by atoms with Gasteiger partial charge in [0.25, 0.3) is 0 Å². The minimum Gasteiger partial charge on any atom is -0.504 e. The molecule has 0 saturated heterocycles. The number of ether oxygens (including phenoxy) is 1. The number of benzene rings is 2. The predicted molar refractivity (Wildman–Crippen MR) is 74.3 cm³/mol. The minimum atomic E-state index is -0.312. The lowest BCUT2D eigenvalue weighted by Crippen LogP contribution is -1.92. The molecule has 20 heavy (non-hydrogen) atoms. The maximum atomic E-state index is 13.2.